The quantitative estimate of drug-likeness (QED) is 0.413. The van der Waals surface area contributed by atoms with E-state index in [0.717, 1.165) is 50.2 Å². The minimum absolute atomic E-state index is 0.0282. The number of hydrogen-bond acceptors (Lipinski definition) is 8. The Hall–Kier alpha value is -2.95. The average Bonchev–Trinajstić information content (AvgIpc) is 3.74. The number of likely N-dealkylation sites (N-methyl/N-ethyl adjacent to an activating group) is 2. The minimum Gasteiger partial charge on any atom is -0.464 e. The van der Waals surface area contributed by atoms with Crippen molar-refractivity contribution in [3.05, 3.63) is 46.5 Å². The van der Waals surface area contributed by atoms with Crippen molar-refractivity contribution in [3.8, 4) is 6.01 Å². The van der Waals surface area contributed by atoms with Gasteiger partial charge < -0.3 is 14.5 Å². The number of rotatable bonds is 9. The summed E-state index contributed by atoms with van der Waals surface area (Å²) in [5.74, 6) is 0. The minimum atomic E-state index is -0.0282. The molecule has 4 bridgehead atoms. The van der Waals surface area contributed by atoms with E-state index in [0.29, 0.717) is 55.5 Å². The zero-order valence-corrected chi connectivity index (χ0v) is 23.4. The molecule has 0 N–H and O–H groups in total. The molecule has 2 aromatic heterocycles. The molecule has 0 aliphatic carbocycles. The summed E-state index contributed by atoms with van der Waals surface area (Å²) in [6.07, 6.45) is 5.21. The van der Waals surface area contributed by atoms with Crippen LogP contribution in [0.15, 0.2) is 35.3 Å². The molecule has 0 spiro atoms. The molecule has 39 heavy (non-hydrogen) atoms. The van der Waals surface area contributed by atoms with Gasteiger partial charge >= 0.3 is 11.7 Å². The second-order valence-corrected chi connectivity index (χ2v) is 11.9. The molecule has 4 aliphatic rings. The van der Waals surface area contributed by atoms with Gasteiger partial charge in [-0.25, -0.2) is 9.78 Å². The Morgan fingerprint density at radius 3 is 2.28 bits per heavy atom. The maximum atomic E-state index is 13.7. The summed E-state index contributed by atoms with van der Waals surface area (Å²) in [5.41, 5.74) is 3.76. The summed E-state index contributed by atoms with van der Waals surface area (Å²) in [6.45, 7) is 9.09. The molecule has 6 heterocycles. The fourth-order valence-electron chi connectivity index (χ4n) is 7.45. The number of nitrogens with zero attached hydrogens (tertiary/aromatic N) is 8. The van der Waals surface area contributed by atoms with E-state index in [-0.39, 0.29) is 5.69 Å². The van der Waals surface area contributed by atoms with Crippen molar-refractivity contribution in [2.24, 2.45) is 0 Å². The first-order chi connectivity index (χ1) is 19.0. The van der Waals surface area contributed by atoms with Crippen LogP contribution >= 0.6 is 0 Å². The molecule has 4 unspecified atom stereocenters. The third-order valence-electron chi connectivity index (χ3n) is 9.59. The Morgan fingerprint density at radius 1 is 0.897 bits per heavy atom. The lowest BCUT2D eigenvalue weighted by molar-refractivity contribution is 0.147. The van der Waals surface area contributed by atoms with Crippen molar-refractivity contribution < 1.29 is 4.74 Å². The highest BCUT2D eigenvalue weighted by Crippen LogP contribution is 2.34. The zero-order valence-electron chi connectivity index (χ0n) is 23.4. The van der Waals surface area contributed by atoms with Gasteiger partial charge in [-0.3, -0.25) is 18.9 Å². The van der Waals surface area contributed by atoms with Crippen LogP contribution in [0.2, 0.25) is 0 Å². The molecule has 208 valence electrons. The average molecular weight is 533 g/mol. The lowest BCUT2D eigenvalue weighted by Gasteiger charge is -2.33. The van der Waals surface area contributed by atoms with Gasteiger partial charge in [-0.2, -0.15) is 4.98 Å². The number of piperazine rings is 2. The van der Waals surface area contributed by atoms with Gasteiger partial charge in [-0.1, -0.05) is 12.1 Å². The van der Waals surface area contributed by atoms with E-state index >= 15 is 0 Å². The summed E-state index contributed by atoms with van der Waals surface area (Å²) >= 11 is 0. The largest absolute Gasteiger partial charge is 0.464 e. The second kappa shape index (κ2) is 9.91. The predicted molar refractivity (Wildman–Crippen MR) is 152 cm³/mol. The van der Waals surface area contributed by atoms with E-state index in [2.05, 4.69) is 67.9 Å². The summed E-state index contributed by atoms with van der Waals surface area (Å²) in [5, 5.41) is 0. The van der Waals surface area contributed by atoms with Gasteiger partial charge in [-0.05, 0) is 58.0 Å². The van der Waals surface area contributed by atoms with Crippen LogP contribution in [0.5, 0.6) is 6.01 Å². The maximum Gasteiger partial charge on any atom is 0.330 e. The van der Waals surface area contributed by atoms with Crippen molar-refractivity contribution >= 4 is 16.9 Å². The van der Waals surface area contributed by atoms with Crippen LogP contribution in [-0.4, -0.2) is 111 Å². The first-order valence-corrected chi connectivity index (χ1v) is 14.6. The molecule has 4 atom stereocenters. The number of ether oxygens (including phenoxy) is 1. The van der Waals surface area contributed by atoms with Crippen LogP contribution in [0.4, 0.5) is 5.69 Å². The van der Waals surface area contributed by atoms with Crippen LogP contribution in [0.1, 0.15) is 31.7 Å². The van der Waals surface area contributed by atoms with Gasteiger partial charge in [-0.15, -0.1) is 0 Å². The molecule has 0 radical (unpaired) electrons. The molecule has 7 rings (SSSR count). The van der Waals surface area contributed by atoms with Crippen LogP contribution in [-0.2, 0) is 13.1 Å². The summed E-state index contributed by atoms with van der Waals surface area (Å²) < 4.78 is 9.24. The highest BCUT2D eigenvalue weighted by atomic mass is 16.5. The Morgan fingerprint density at radius 2 is 1.64 bits per heavy atom. The van der Waals surface area contributed by atoms with Crippen LogP contribution < -0.4 is 15.3 Å². The fraction of sp³-hybridized carbons (Fsp3) is 0.621. The normalized spacial score (nSPS) is 27.0. The molecule has 10 heteroatoms. The van der Waals surface area contributed by atoms with Crippen LogP contribution in [0.25, 0.3) is 11.2 Å². The van der Waals surface area contributed by atoms with E-state index in [4.69, 9.17) is 4.74 Å². The summed E-state index contributed by atoms with van der Waals surface area (Å²) in [7, 11) is 4.46. The molecule has 1 aromatic carbocycles. The van der Waals surface area contributed by atoms with E-state index in [1.54, 1.807) is 10.8 Å². The molecule has 3 aromatic rings. The van der Waals surface area contributed by atoms with Crippen molar-refractivity contribution in [1.29, 1.82) is 0 Å². The first kappa shape index (κ1) is 25.0. The highest BCUT2D eigenvalue weighted by Gasteiger charge is 2.42. The summed E-state index contributed by atoms with van der Waals surface area (Å²) in [6, 6.07) is 11.7. The standard InChI is InChI=1S/C29H40N8O2/c1-4-39-28-30-14-26-27(31-28)37(29(38)35(26)11-5-10-34-18-22-12-24(34)16-32(22)2)15-20-6-8-21(9-7-20)36-19-23-13-25(36)17-33(23)3/h6-9,14,22-25H,4-5,10-13,15-19H2,1-3H3. The maximum absolute atomic E-state index is 13.7. The topological polar surface area (TPSA) is 74.9 Å². The molecular formula is C29H40N8O2. The lowest BCUT2D eigenvalue weighted by atomic mass is 10.1. The fourth-order valence-corrected chi connectivity index (χ4v) is 7.45. The van der Waals surface area contributed by atoms with Gasteiger partial charge in [0.15, 0.2) is 5.65 Å². The van der Waals surface area contributed by atoms with Gasteiger partial charge in [0, 0.05) is 69.1 Å². The van der Waals surface area contributed by atoms with E-state index in [1.807, 2.05) is 11.5 Å². The highest BCUT2D eigenvalue weighted by molar-refractivity contribution is 5.71. The van der Waals surface area contributed by atoms with Crippen molar-refractivity contribution in [2.45, 2.75) is 63.4 Å². The number of fused-ring (bicyclic) bond motifs is 5. The van der Waals surface area contributed by atoms with Gasteiger partial charge in [0.25, 0.3) is 0 Å². The Labute approximate surface area is 229 Å². The van der Waals surface area contributed by atoms with E-state index in [9.17, 15) is 4.79 Å². The first-order valence-electron chi connectivity index (χ1n) is 14.6. The smallest absolute Gasteiger partial charge is 0.330 e. The van der Waals surface area contributed by atoms with Gasteiger partial charge in [0.2, 0.25) is 0 Å². The molecule has 4 saturated heterocycles. The molecular weight excluding hydrogens is 492 g/mol. The number of hydrogen-bond donors (Lipinski definition) is 0. The van der Waals surface area contributed by atoms with Crippen LogP contribution in [0.3, 0.4) is 0 Å². The lowest BCUT2D eigenvalue weighted by Crippen LogP contribution is -2.45. The predicted octanol–water partition coefficient (Wildman–Crippen LogP) is 1.71. The number of imidazole rings is 1. The zero-order chi connectivity index (χ0) is 26.7. The third kappa shape index (κ3) is 4.42. The third-order valence-corrected chi connectivity index (χ3v) is 9.59. The monoisotopic (exact) mass is 532 g/mol. The Balaban J connectivity index is 1.10. The van der Waals surface area contributed by atoms with E-state index in [1.165, 1.54) is 18.5 Å². The molecule has 4 aliphatic heterocycles. The number of likely N-dealkylation sites (tertiary alicyclic amines) is 3. The van der Waals surface area contributed by atoms with Crippen molar-refractivity contribution in [3.63, 3.8) is 0 Å². The molecule has 10 nitrogen and oxygen atoms in total. The van der Waals surface area contributed by atoms with Crippen molar-refractivity contribution in [1.82, 2.24) is 33.8 Å². The van der Waals surface area contributed by atoms with E-state index < -0.39 is 0 Å². The number of benzene rings is 1. The van der Waals surface area contributed by atoms with Gasteiger partial charge in [0.1, 0.15) is 5.52 Å². The second-order valence-electron chi connectivity index (χ2n) is 11.9. The van der Waals surface area contributed by atoms with Gasteiger partial charge in [0.05, 0.1) is 19.3 Å². The SMILES string of the molecule is CCOc1ncc2c(n1)n(Cc1ccc(N3CC4CC3CN4C)cc1)c(=O)n2CCCN1CC2CC1CN2C. The molecule has 0 saturated carbocycles. The summed E-state index contributed by atoms with van der Waals surface area (Å²) in [4.78, 5) is 32.9. The van der Waals surface area contributed by atoms with Crippen LogP contribution in [0, 0.1) is 0 Å². The Kier molecular flexibility index (Phi) is 6.36. The number of aryl methyl sites for hydroxylation is 1. The number of anilines is 1. The Bertz CT molecular complexity index is 1400. The van der Waals surface area contributed by atoms with Crippen molar-refractivity contribution in [2.75, 3.05) is 58.3 Å². The number of aromatic nitrogens is 4. The molecule has 4 fully saturated rings. The molecule has 0 amide bonds.